The molecule has 0 aliphatic rings. The van der Waals surface area contributed by atoms with Crippen molar-refractivity contribution in [1.29, 1.82) is 0 Å². The van der Waals surface area contributed by atoms with Gasteiger partial charge in [0.15, 0.2) is 0 Å². The predicted molar refractivity (Wildman–Crippen MR) is 130 cm³/mol. The van der Waals surface area contributed by atoms with Crippen molar-refractivity contribution in [1.82, 2.24) is 0 Å². The number of halogens is 9. The zero-order valence-electron chi connectivity index (χ0n) is 20.0. The number of carbonyl (C=O) groups excluding carboxylic acids is 1. The van der Waals surface area contributed by atoms with Gasteiger partial charge in [0, 0.05) is 6.08 Å². The lowest BCUT2D eigenvalue weighted by Crippen LogP contribution is -2.06. The largest absolute Gasteiger partial charge is 0.423 e. The number of esters is 1. The van der Waals surface area contributed by atoms with E-state index in [4.69, 9.17) is 0 Å². The summed E-state index contributed by atoms with van der Waals surface area (Å²) in [5, 5.41) is 0. The van der Waals surface area contributed by atoms with E-state index >= 15 is 0 Å². The fraction of sp³-hybridized carbons (Fsp3) is 0.107. The lowest BCUT2D eigenvalue weighted by Gasteiger charge is -2.06. The van der Waals surface area contributed by atoms with Crippen molar-refractivity contribution >= 4 is 18.1 Å². The van der Waals surface area contributed by atoms with Gasteiger partial charge in [0.05, 0.1) is 16.7 Å². The van der Waals surface area contributed by atoms with Crippen LogP contribution in [0.15, 0.2) is 98.6 Å². The fourth-order valence-electron chi connectivity index (χ4n) is 2.52. The molecule has 0 unspecified atom stereocenters. The Kier molecular flexibility index (Phi) is 11.8. The molecule has 0 amide bonds. The Morgan fingerprint density at radius 3 is 1.41 bits per heavy atom. The summed E-state index contributed by atoms with van der Waals surface area (Å²) in [5.41, 5.74) is -0.901. The molecule has 0 heterocycles. The molecule has 3 aromatic rings. The van der Waals surface area contributed by atoms with E-state index in [1.807, 2.05) is 0 Å². The van der Waals surface area contributed by atoms with Crippen LogP contribution in [0.1, 0.15) is 27.8 Å². The summed E-state index contributed by atoms with van der Waals surface area (Å²) in [5.74, 6) is -0.664. The maximum absolute atomic E-state index is 12.1. The minimum absolute atomic E-state index is 0.0490. The van der Waals surface area contributed by atoms with Crippen molar-refractivity contribution in [2.75, 3.05) is 0 Å². The molecule has 2 nitrogen and oxygen atoms in total. The molecule has 208 valence electrons. The van der Waals surface area contributed by atoms with E-state index < -0.39 is 41.2 Å². The van der Waals surface area contributed by atoms with Gasteiger partial charge >= 0.3 is 24.5 Å². The summed E-state index contributed by atoms with van der Waals surface area (Å²) in [6, 6.07) is 13.7. The van der Waals surface area contributed by atoms with Crippen LogP contribution >= 0.6 is 0 Å². The second-order valence-corrected chi connectivity index (χ2v) is 7.30. The number of benzene rings is 3. The smallest absolute Gasteiger partial charge is 0.416 e. The number of rotatable bonds is 4. The predicted octanol–water partition coefficient (Wildman–Crippen LogP) is 9.49. The fourth-order valence-corrected chi connectivity index (χ4v) is 2.52. The van der Waals surface area contributed by atoms with Gasteiger partial charge in [-0.05, 0) is 59.7 Å². The topological polar surface area (TPSA) is 26.3 Å². The van der Waals surface area contributed by atoms with Crippen molar-refractivity contribution < 1.29 is 49.0 Å². The van der Waals surface area contributed by atoms with Crippen molar-refractivity contribution in [3.63, 3.8) is 0 Å². The standard InChI is InChI=1S/C10H7F3O2.2C9H7F3/c1-2-9(14)15-8-5-3-7(4-6-8)10(11,12)13;1-2-7-3-5-8(6-4-7)9(10,11)12;1-2-7-4-3-5-8(6-7)9(10,11)12/h2-6H,1H2;2*2-6H,1H2. The van der Waals surface area contributed by atoms with Crippen LogP contribution in [0, 0.1) is 0 Å². The summed E-state index contributed by atoms with van der Waals surface area (Å²) in [6.45, 7) is 9.99. The van der Waals surface area contributed by atoms with Gasteiger partial charge in [-0.15, -0.1) is 0 Å². The van der Waals surface area contributed by atoms with Gasteiger partial charge in [0.25, 0.3) is 0 Å². The highest BCUT2D eigenvalue weighted by atomic mass is 19.4. The lowest BCUT2D eigenvalue weighted by molar-refractivity contribution is -0.138. The van der Waals surface area contributed by atoms with Gasteiger partial charge < -0.3 is 4.74 Å². The molecule has 11 heteroatoms. The highest BCUT2D eigenvalue weighted by Gasteiger charge is 2.31. The molecule has 0 spiro atoms. The quantitative estimate of drug-likeness (QED) is 0.138. The molecule has 3 aromatic carbocycles. The van der Waals surface area contributed by atoms with E-state index in [2.05, 4.69) is 24.5 Å². The van der Waals surface area contributed by atoms with E-state index in [-0.39, 0.29) is 5.75 Å². The van der Waals surface area contributed by atoms with Crippen molar-refractivity contribution in [2.24, 2.45) is 0 Å². The van der Waals surface area contributed by atoms with Gasteiger partial charge in [-0.25, -0.2) is 4.79 Å². The Hall–Kier alpha value is -4.28. The monoisotopic (exact) mass is 560 g/mol. The van der Waals surface area contributed by atoms with Crippen molar-refractivity contribution in [3.8, 4) is 5.75 Å². The highest BCUT2D eigenvalue weighted by Crippen LogP contribution is 2.31. The van der Waals surface area contributed by atoms with Gasteiger partial charge in [0.1, 0.15) is 5.75 Å². The Labute approximate surface area is 218 Å². The zero-order chi connectivity index (χ0) is 29.9. The second-order valence-electron chi connectivity index (χ2n) is 7.30. The van der Waals surface area contributed by atoms with E-state index in [1.165, 1.54) is 30.4 Å². The Bertz CT molecular complexity index is 1240. The van der Waals surface area contributed by atoms with Gasteiger partial charge in [-0.3, -0.25) is 0 Å². The van der Waals surface area contributed by atoms with E-state index in [0.29, 0.717) is 11.1 Å². The minimum Gasteiger partial charge on any atom is -0.423 e. The molecule has 0 bridgehead atoms. The number of hydrogen-bond acceptors (Lipinski definition) is 2. The average Bonchev–Trinajstić information content (AvgIpc) is 2.88. The van der Waals surface area contributed by atoms with Gasteiger partial charge in [-0.2, -0.15) is 39.5 Å². The first kappa shape index (κ1) is 32.7. The van der Waals surface area contributed by atoms with Crippen molar-refractivity contribution in [2.45, 2.75) is 18.5 Å². The number of alkyl halides is 9. The number of ether oxygens (including phenoxy) is 1. The normalized spacial score (nSPS) is 11.1. The first-order valence-corrected chi connectivity index (χ1v) is 10.6. The van der Waals surface area contributed by atoms with Crippen LogP contribution in [0.4, 0.5) is 39.5 Å². The molecular formula is C28H21F9O2. The lowest BCUT2D eigenvalue weighted by atomic mass is 10.1. The van der Waals surface area contributed by atoms with Crippen LogP contribution < -0.4 is 4.74 Å². The molecule has 0 aliphatic heterocycles. The third-order valence-electron chi connectivity index (χ3n) is 4.49. The maximum Gasteiger partial charge on any atom is 0.416 e. The van der Waals surface area contributed by atoms with E-state index in [9.17, 15) is 44.3 Å². The first-order chi connectivity index (χ1) is 18.0. The molecular weight excluding hydrogens is 539 g/mol. The summed E-state index contributed by atoms with van der Waals surface area (Å²) in [4.78, 5) is 10.7. The Balaban J connectivity index is 0.000000295. The number of carbonyl (C=O) groups is 1. The molecule has 39 heavy (non-hydrogen) atoms. The minimum atomic E-state index is -4.39. The van der Waals surface area contributed by atoms with Crippen LogP contribution in [-0.2, 0) is 23.3 Å². The average molecular weight is 560 g/mol. The molecule has 0 saturated heterocycles. The van der Waals surface area contributed by atoms with Crippen LogP contribution in [0.2, 0.25) is 0 Å². The second kappa shape index (κ2) is 14.0. The first-order valence-electron chi connectivity index (χ1n) is 10.6. The number of hydrogen-bond donors (Lipinski definition) is 0. The molecule has 0 aromatic heterocycles. The van der Waals surface area contributed by atoms with Crippen molar-refractivity contribution in [3.05, 3.63) is 126 Å². The molecule has 0 aliphatic carbocycles. The van der Waals surface area contributed by atoms with Gasteiger partial charge in [-0.1, -0.05) is 56.2 Å². The van der Waals surface area contributed by atoms with E-state index in [0.717, 1.165) is 54.6 Å². The summed E-state index contributed by atoms with van der Waals surface area (Å²) in [7, 11) is 0. The summed E-state index contributed by atoms with van der Waals surface area (Å²) in [6.07, 6.45) is -9.09. The van der Waals surface area contributed by atoms with Crippen LogP contribution in [0.25, 0.3) is 12.2 Å². The zero-order valence-corrected chi connectivity index (χ0v) is 20.0. The third kappa shape index (κ3) is 11.8. The summed E-state index contributed by atoms with van der Waals surface area (Å²) < 4.78 is 113. The molecule has 0 fully saturated rings. The molecule has 0 saturated carbocycles. The van der Waals surface area contributed by atoms with E-state index in [1.54, 1.807) is 6.07 Å². The molecule has 0 N–H and O–H groups in total. The summed E-state index contributed by atoms with van der Waals surface area (Å²) >= 11 is 0. The van der Waals surface area contributed by atoms with Crippen LogP contribution in [-0.4, -0.2) is 5.97 Å². The maximum atomic E-state index is 12.1. The van der Waals surface area contributed by atoms with Gasteiger partial charge in [0.2, 0.25) is 0 Å². The third-order valence-corrected chi connectivity index (χ3v) is 4.49. The van der Waals surface area contributed by atoms with Crippen LogP contribution in [0.3, 0.4) is 0 Å². The molecule has 0 radical (unpaired) electrons. The van der Waals surface area contributed by atoms with Crippen LogP contribution in [0.5, 0.6) is 5.75 Å². The molecule has 0 atom stereocenters. The Morgan fingerprint density at radius 1 is 0.590 bits per heavy atom. The Morgan fingerprint density at radius 2 is 1.03 bits per heavy atom. The SMILES string of the molecule is C=CC(=O)Oc1ccc(C(F)(F)F)cc1.C=Cc1ccc(C(F)(F)F)cc1.C=Cc1cccc(C(F)(F)F)c1. The highest BCUT2D eigenvalue weighted by molar-refractivity contribution is 5.83. The molecule has 3 rings (SSSR count).